The van der Waals surface area contributed by atoms with Gasteiger partial charge in [-0.3, -0.25) is 4.79 Å². The van der Waals surface area contributed by atoms with Gasteiger partial charge in [0, 0.05) is 18.2 Å². The van der Waals surface area contributed by atoms with Crippen molar-refractivity contribution in [1.29, 1.82) is 0 Å². The van der Waals surface area contributed by atoms with Gasteiger partial charge in [0.05, 0.1) is 0 Å². The molecule has 0 radical (unpaired) electrons. The zero-order chi connectivity index (χ0) is 13.7. The van der Waals surface area contributed by atoms with E-state index in [0.29, 0.717) is 5.91 Å². The van der Waals surface area contributed by atoms with Crippen LogP contribution in [0.4, 0.5) is 5.69 Å². The summed E-state index contributed by atoms with van der Waals surface area (Å²) < 4.78 is 0. The minimum Gasteiger partial charge on any atom is -0.312 e. The van der Waals surface area contributed by atoms with Crippen LogP contribution in [0.1, 0.15) is 51.5 Å². The van der Waals surface area contributed by atoms with Crippen LogP contribution in [0.15, 0.2) is 24.3 Å². The number of carbonyl (C=O) groups excluding carboxylic acids is 1. The fourth-order valence-electron chi connectivity index (χ4n) is 2.95. The van der Waals surface area contributed by atoms with Crippen LogP contribution in [-0.2, 0) is 11.2 Å². The smallest absolute Gasteiger partial charge is 0.230 e. The average Bonchev–Trinajstić information content (AvgIpc) is 2.49. The predicted octanol–water partition coefficient (Wildman–Crippen LogP) is 4.18. The van der Waals surface area contributed by atoms with Crippen LogP contribution in [0, 0.1) is 5.92 Å². The predicted molar refractivity (Wildman–Crippen MR) is 80.4 cm³/mol. The van der Waals surface area contributed by atoms with Crippen molar-refractivity contribution < 1.29 is 4.79 Å². The number of hydrogen-bond donors (Lipinski definition) is 0. The van der Waals surface area contributed by atoms with Crippen molar-refractivity contribution in [2.75, 3.05) is 11.4 Å². The quantitative estimate of drug-likeness (QED) is 0.794. The van der Waals surface area contributed by atoms with Gasteiger partial charge in [-0.25, -0.2) is 0 Å². The molecule has 2 rings (SSSR count). The van der Waals surface area contributed by atoms with E-state index < -0.39 is 0 Å². The summed E-state index contributed by atoms with van der Waals surface area (Å²) in [6.07, 6.45) is 6.90. The van der Waals surface area contributed by atoms with Crippen molar-refractivity contribution in [3.05, 3.63) is 29.8 Å². The maximum Gasteiger partial charge on any atom is 0.230 e. The lowest BCUT2D eigenvalue weighted by atomic mass is 9.88. The molecular weight excluding hydrogens is 234 g/mol. The minimum atomic E-state index is 0.250. The number of carbonyl (C=O) groups is 1. The van der Waals surface area contributed by atoms with Gasteiger partial charge in [0.2, 0.25) is 5.91 Å². The molecule has 0 bridgehead atoms. The van der Waals surface area contributed by atoms with Crippen molar-refractivity contribution >= 4 is 11.6 Å². The third-order valence-corrected chi connectivity index (χ3v) is 4.19. The van der Waals surface area contributed by atoms with Gasteiger partial charge in [-0.1, -0.05) is 38.3 Å². The molecule has 0 unspecified atom stereocenters. The lowest BCUT2D eigenvalue weighted by Crippen LogP contribution is -2.36. The highest BCUT2D eigenvalue weighted by molar-refractivity contribution is 5.95. The third kappa shape index (κ3) is 3.37. The van der Waals surface area contributed by atoms with Crippen LogP contribution in [0.5, 0.6) is 0 Å². The fraction of sp³-hybridized carbons (Fsp3) is 0.588. The van der Waals surface area contributed by atoms with Gasteiger partial charge in [-0.2, -0.15) is 0 Å². The molecule has 0 saturated heterocycles. The molecule has 1 aliphatic rings. The van der Waals surface area contributed by atoms with Crippen LogP contribution >= 0.6 is 0 Å². The van der Waals surface area contributed by atoms with Gasteiger partial charge in [-0.05, 0) is 43.9 Å². The van der Waals surface area contributed by atoms with Crippen molar-refractivity contribution in [1.82, 2.24) is 0 Å². The monoisotopic (exact) mass is 259 g/mol. The molecule has 0 N–H and O–H groups in total. The Bertz CT molecular complexity index is 404. The van der Waals surface area contributed by atoms with E-state index in [-0.39, 0.29) is 5.92 Å². The molecule has 1 aromatic carbocycles. The summed E-state index contributed by atoms with van der Waals surface area (Å²) in [7, 11) is 0. The van der Waals surface area contributed by atoms with Crippen molar-refractivity contribution in [3.8, 4) is 0 Å². The van der Waals surface area contributed by atoms with Crippen LogP contribution in [-0.4, -0.2) is 12.5 Å². The molecule has 1 amide bonds. The molecule has 1 fully saturated rings. The lowest BCUT2D eigenvalue weighted by molar-refractivity contribution is -0.123. The second-order valence-electron chi connectivity index (χ2n) is 5.44. The standard InChI is InChI=1S/C17H25NO/c1-3-14-10-12-16(13-11-14)18(4-2)17(19)15-8-6-5-7-9-15/h10-13,15H,3-9H2,1-2H3. The Morgan fingerprint density at radius 3 is 2.26 bits per heavy atom. The number of benzene rings is 1. The van der Waals surface area contributed by atoms with E-state index in [1.807, 2.05) is 4.90 Å². The second-order valence-corrected chi connectivity index (χ2v) is 5.44. The van der Waals surface area contributed by atoms with E-state index >= 15 is 0 Å². The molecule has 0 atom stereocenters. The molecule has 2 nitrogen and oxygen atoms in total. The van der Waals surface area contributed by atoms with E-state index in [1.54, 1.807) is 0 Å². The first-order valence-electron chi connectivity index (χ1n) is 7.66. The first-order valence-corrected chi connectivity index (χ1v) is 7.66. The molecule has 0 aromatic heterocycles. The number of rotatable bonds is 4. The van der Waals surface area contributed by atoms with Crippen LogP contribution < -0.4 is 4.90 Å². The summed E-state index contributed by atoms with van der Waals surface area (Å²) in [5.41, 5.74) is 2.38. The molecule has 104 valence electrons. The summed E-state index contributed by atoms with van der Waals surface area (Å²) in [6.45, 7) is 4.98. The Hall–Kier alpha value is -1.31. The summed E-state index contributed by atoms with van der Waals surface area (Å²) in [5.74, 6) is 0.575. The first-order chi connectivity index (χ1) is 9.26. The molecule has 0 heterocycles. The van der Waals surface area contributed by atoms with Crippen LogP contribution in [0.3, 0.4) is 0 Å². The highest BCUT2D eigenvalue weighted by Crippen LogP contribution is 2.27. The minimum absolute atomic E-state index is 0.250. The topological polar surface area (TPSA) is 20.3 Å². The summed E-state index contributed by atoms with van der Waals surface area (Å²) in [6, 6.07) is 8.43. The van der Waals surface area contributed by atoms with Crippen molar-refractivity contribution in [2.45, 2.75) is 52.4 Å². The number of hydrogen-bond acceptors (Lipinski definition) is 1. The number of anilines is 1. The number of amides is 1. The van der Waals surface area contributed by atoms with E-state index in [4.69, 9.17) is 0 Å². The van der Waals surface area contributed by atoms with Gasteiger partial charge in [-0.15, -0.1) is 0 Å². The summed E-state index contributed by atoms with van der Waals surface area (Å²) in [4.78, 5) is 14.6. The van der Waals surface area contributed by atoms with Gasteiger partial charge in [0.15, 0.2) is 0 Å². The molecule has 0 aliphatic heterocycles. The van der Waals surface area contributed by atoms with E-state index in [1.165, 1.54) is 24.8 Å². The average molecular weight is 259 g/mol. The normalized spacial score (nSPS) is 16.3. The van der Waals surface area contributed by atoms with Crippen LogP contribution in [0.2, 0.25) is 0 Å². The fourth-order valence-corrected chi connectivity index (χ4v) is 2.95. The maximum absolute atomic E-state index is 12.6. The molecule has 1 aromatic rings. The Kier molecular flexibility index (Phi) is 5.00. The highest BCUT2D eigenvalue weighted by Gasteiger charge is 2.25. The molecular formula is C17H25NO. The summed E-state index contributed by atoms with van der Waals surface area (Å²) in [5, 5.41) is 0. The first kappa shape index (κ1) is 14.1. The van der Waals surface area contributed by atoms with Crippen molar-refractivity contribution in [3.63, 3.8) is 0 Å². The Morgan fingerprint density at radius 1 is 1.11 bits per heavy atom. The van der Waals surface area contributed by atoms with E-state index in [0.717, 1.165) is 31.5 Å². The summed E-state index contributed by atoms with van der Waals surface area (Å²) >= 11 is 0. The molecule has 1 saturated carbocycles. The number of nitrogens with zero attached hydrogens (tertiary/aromatic N) is 1. The SMILES string of the molecule is CCc1ccc(N(CC)C(=O)C2CCCCC2)cc1. The van der Waals surface area contributed by atoms with E-state index in [9.17, 15) is 4.79 Å². The highest BCUT2D eigenvalue weighted by atomic mass is 16.2. The Balaban J connectivity index is 2.11. The van der Waals surface area contributed by atoms with E-state index in [2.05, 4.69) is 38.1 Å². The third-order valence-electron chi connectivity index (χ3n) is 4.19. The number of aryl methyl sites for hydroxylation is 1. The van der Waals surface area contributed by atoms with Crippen LogP contribution in [0.25, 0.3) is 0 Å². The lowest BCUT2D eigenvalue weighted by Gasteiger charge is -2.28. The van der Waals surface area contributed by atoms with Gasteiger partial charge < -0.3 is 4.90 Å². The maximum atomic E-state index is 12.6. The molecule has 2 heteroatoms. The molecule has 19 heavy (non-hydrogen) atoms. The van der Waals surface area contributed by atoms with Gasteiger partial charge in [0.25, 0.3) is 0 Å². The second kappa shape index (κ2) is 6.74. The Labute approximate surface area is 116 Å². The Morgan fingerprint density at radius 2 is 1.74 bits per heavy atom. The largest absolute Gasteiger partial charge is 0.312 e. The zero-order valence-corrected chi connectivity index (χ0v) is 12.2. The van der Waals surface area contributed by atoms with Crippen molar-refractivity contribution in [2.24, 2.45) is 5.92 Å². The van der Waals surface area contributed by atoms with Gasteiger partial charge >= 0.3 is 0 Å². The zero-order valence-electron chi connectivity index (χ0n) is 12.2. The van der Waals surface area contributed by atoms with Gasteiger partial charge in [0.1, 0.15) is 0 Å². The molecule has 1 aliphatic carbocycles. The molecule has 0 spiro atoms.